The minimum atomic E-state index is -1.30. The van der Waals surface area contributed by atoms with E-state index in [1.807, 2.05) is 0 Å². The molecular formula is C5H8NO3S-. The highest BCUT2D eigenvalue weighted by Gasteiger charge is 2.05. The Kier molecular flexibility index (Phi) is 3.87. The van der Waals surface area contributed by atoms with E-state index < -0.39 is 23.7 Å². The van der Waals surface area contributed by atoms with Crippen molar-refractivity contribution >= 4 is 24.5 Å². The second-order valence-electron chi connectivity index (χ2n) is 1.77. The van der Waals surface area contributed by atoms with Gasteiger partial charge in [-0.15, -0.1) is 0 Å². The molecule has 10 heavy (non-hydrogen) atoms. The maximum atomic E-state index is 10.6. The Morgan fingerprint density at radius 1 is 1.70 bits per heavy atom. The van der Waals surface area contributed by atoms with E-state index in [1.165, 1.54) is 0 Å². The van der Waals surface area contributed by atoms with Crippen LogP contribution in [0.25, 0.3) is 0 Å². The van der Waals surface area contributed by atoms with Gasteiger partial charge in [0.1, 0.15) is 0 Å². The largest absolute Gasteiger partial charge is 0.548 e. The van der Waals surface area contributed by atoms with E-state index in [0.29, 0.717) is 0 Å². The van der Waals surface area contributed by atoms with Gasteiger partial charge in [0.25, 0.3) is 0 Å². The predicted octanol–water partition coefficient (Wildman–Crippen LogP) is -1.83. The van der Waals surface area contributed by atoms with E-state index in [0.717, 1.165) is 0 Å². The van der Waals surface area contributed by atoms with Crippen LogP contribution in [0.4, 0.5) is 0 Å². The number of hydrogen-bond acceptors (Lipinski definition) is 4. The summed E-state index contributed by atoms with van der Waals surface area (Å²) in [5, 5.41) is 11.4. The summed E-state index contributed by atoms with van der Waals surface area (Å²) < 4.78 is 0. The van der Waals surface area contributed by atoms with Gasteiger partial charge < -0.3 is 15.2 Å². The van der Waals surface area contributed by atoms with Gasteiger partial charge in [-0.2, -0.15) is 12.6 Å². The predicted molar refractivity (Wildman–Crippen MR) is 36.5 cm³/mol. The number of aliphatic carboxylic acids is 1. The first kappa shape index (κ1) is 9.29. The first-order chi connectivity index (χ1) is 4.54. The minimum Gasteiger partial charge on any atom is -0.548 e. The van der Waals surface area contributed by atoms with Crippen LogP contribution in [0.3, 0.4) is 0 Å². The summed E-state index contributed by atoms with van der Waals surface area (Å²) in [6.45, 7) is 1.09. The molecule has 1 N–H and O–H groups in total. The highest BCUT2D eigenvalue weighted by Crippen LogP contribution is 1.89. The highest BCUT2D eigenvalue weighted by molar-refractivity contribution is 7.81. The first-order valence-corrected chi connectivity index (χ1v) is 3.21. The molecule has 0 saturated heterocycles. The summed E-state index contributed by atoms with van der Waals surface area (Å²) in [4.78, 5) is 20.3. The molecule has 0 aromatic rings. The summed E-state index contributed by atoms with van der Waals surface area (Å²) in [5.74, 6) is -1.71. The van der Waals surface area contributed by atoms with Gasteiger partial charge in [-0.25, -0.2) is 0 Å². The van der Waals surface area contributed by atoms with Crippen molar-refractivity contribution < 1.29 is 14.7 Å². The van der Waals surface area contributed by atoms with E-state index in [9.17, 15) is 14.7 Å². The number of carboxylic acids is 1. The molecule has 4 nitrogen and oxygen atoms in total. The normalized spacial score (nSPS) is 12.2. The van der Waals surface area contributed by atoms with Crippen molar-refractivity contribution in [1.29, 1.82) is 0 Å². The Balaban J connectivity index is 3.50. The van der Waals surface area contributed by atoms with E-state index in [1.54, 1.807) is 6.92 Å². The molecule has 0 fully saturated rings. The number of carbonyl (C=O) groups excluding carboxylic acids is 2. The summed E-state index contributed by atoms with van der Waals surface area (Å²) in [5.41, 5.74) is 0. The third-order valence-corrected chi connectivity index (χ3v) is 1.02. The van der Waals surface area contributed by atoms with E-state index in [4.69, 9.17) is 0 Å². The zero-order valence-electron chi connectivity index (χ0n) is 5.46. The molecule has 0 aromatic carbocycles. The van der Waals surface area contributed by atoms with Gasteiger partial charge in [0, 0.05) is 0 Å². The van der Waals surface area contributed by atoms with Crippen LogP contribution in [0.2, 0.25) is 0 Å². The number of nitrogens with one attached hydrogen (secondary N) is 1. The molecular weight excluding hydrogens is 154 g/mol. The van der Waals surface area contributed by atoms with Crippen LogP contribution < -0.4 is 10.4 Å². The van der Waals surface area contributed by atoms with Crippen LogP contribution in [0.15, 0.2) is 0 Å². The lowest BCUT2D eigenvalue weighted by atomic mass is 10.4. The minimum absolute atomic E-state index is 0.410. The lowest BCUT2D eigenvalue weighted by molar-refractivity contribution is -0.303. The lowest BCUT2D eigenvalue weighted by Gasteiger charge is -2.06. The lowest BCUT2D eigenvalue weighted by Crippen LogP contribution is -2.40. The Labute approximate surface area is 64.0 Å². The first-order valence-electron chi connectivity index (χ1n) is 2.69. The molecule has 0 rings (SSSR count). The fraction of sp³-hybridized carbons (Fsp3) is 0.600. The quantitative estimate of drug-likeness (QED) is 0.480. The van der Waals surface area contributed by atoms with Gasteiger partial charge in [0.15, 0.2) is 0 Å². The number of hydrogen-bond donors (Lipinski definition) is 2. The van der Waals surface area contributed by atoms with Crippen molar-refractivity contribution in [2.45, 2.75) is 12.2 Å². The number of carbonyl (C=O) groups is 2. The SMILES string of the molecule is C[C@H](S)C(=O)NCC(=O)[O-]. The van der Waals surface area contributed by atoms with E-state index in [2.05, 4.69) is 17.9 Å². The summed E-state index contributed by atoms with van der Waals surface area (Å²) >= 11 is 3.77. The van der Waals surface area contributed by atoms with Crippen LogP contribution in [0, 0.1) is 0 Å². The molecule has 0 saturated carbocycles. The zero-order chi connectivity index (χ0) is 8.15. The monoisotopic (exact) mass is 162 g/mol. The van der Waals surface area contributed by atoms with E-state index in [-0.39, 0.29) is 0 Å². The van der Waals surface area contributed by atoms with Crippen molar-refractivity contribution in [3.05, 3.63) is 0 Å². The molecule has 0 aliphatic heterocycles. The van der Waals surface area contributed by atoms with E-state index >= 15 is 0 Å². The van der Waals surface area contributed by atoms with Crippen LogP contribution in [0.5, 0.6) is 0 Å². The third kappa shape index (κ3) is 4.20. The molecule has 58 valence electrons. The molecule has 0 aliphatic carbocycles. The smallest absolute Gasteiger partial charge is 0.232 e. The van der Waals surface area contributed by atoms with Gasteiger partial charge in [-0.1, -0.05) is 0 Å². The maximum absolute atomic E-state index is 10.6. The van der Waals surface area contributed by atoms with Crippen molar-refractivity contribution in [3.8, 4) is 0 Å². The molecule has 0 aromatic heterocycles. The van der Waals surface area contributed by atoms with Crippen LogP contribution in [-0.2, 0) is 9.59 Å². The zero-order valence-corrected chi connectivity index (χ0v) is 6.35. The maximum Gasteiger partial charge on any atom is 0.232 e. The molecule has 0 radical (unpaired) electrons. The Bertz CT molecular complexity index is 146. The second-order valence-corrected chi connectivity index (χ2v) is 2.54. The van der Waals surface area contributed by atoms with Crippen LogP contribution in [0.1, 0.15) is 6.92 Å². The standard InChI is InChI=1S/C5H9NO3S/c1-3(10)5(9)6-2-4(7)8/h3,10H,2H2,1H3,(H,6,9)(H,7,8)/p-1/t3-/m0/s1. The molecule has 0 aliphatic rings. The average Bonchev–Trinajstić information content (AvgIpc) is 1.82. The van der Waals surface area contributed by atoms with Gasteiger partial charge >= 0.3 is 0 Å². The molecule has 1 amide bonds. The number of carboxylic acid groups (broad SMARTS) is 1. The summed E-state index contributed by atoms with van der Waals surface area (Å²) in [6, 6.07) is 0. The number of rotatable bonds is 3. The van der Waals surface area contributed by atoms with Crippen molar-refractivity contribution in [2.24, 2.45) is 0 Å². The van der Waals surface area contributed by atoms with Gasteiger partial charge in [-0.05, 0) is 6.92 Å². The van der Waals surface area contributed by atoms with Crippen LogP contribution in [-0.4, -0.2) is 23.7 Å². The third-order valence-electron chi connectivity index (χ3n) is 0.786. The molecule has 0 heterocycles. The van der Waals surface area contributed by atoms with Gasteiger partial charge in [-0.3, -0.25) is 4.79 Å². The van der Waals surface area contributed by atoms with Crippen molar-refractivity contribution in [1.82, 2.24) is 5.32 Å². The molecule has 0 bridgehead atoms. The van der Waals surface area contributed by atoms with Crippen LogP contribution >= 0.6 is 12.6 Å². The highest BCUT2D eigenvalue weighted by atomic mass is 32.1. The van der Waals surface area contributed by atoms with Gasteiger partial charge in [0.05, 0.1) is 17.8 Å². The van der Waals surface area contributed by atoms with Gasteiger partial charge in [0.2, 0.25) is 5.91 Å². The topological polar surface area (TPSA) is 69.2 Å². The Morgan fingerprint density at radius 3 is 2.50 bits per heavy atom. The number of thiol groups is 1. The summed E-state index contributed by atoms with van der Waals surface area (Å²) in [7, 11) is 0. The second kappa shape index (κ2) is 4.16. The fourth-order valence-corrected chi connectivity index (χ4v) is 0.398. The fourth-order valence-electron chi connectivity index (χ4n) is 0.307. The average molecular weight is 162 g/mol. The Morgan fingerprint density at radius 2 is 2.20 bits per heavy atom. The molecule has 1 atom stereocenters. The van der Waals surface area contributed by atoms with Crippen molar-refractivity contribution in [2.75, 3.05) is 6.54 Å². The Hall–Kier alpha value is -0.710. The molecule has 0 unspecified atom stereocenters. The summed E-state index contributed by atoms with van der Waals surface area (Å²) in [6.07, 6.45) is 0. The molecule has 0 spiro atoms. The molecule has 5 heteroatoms. The van der Waals surface area contributed by atoms with Crippen molar-refractivity contribution in [3.63, 3.8) is 0 Å². The number of amides is 1.